The van der Waals surface area contributed by atoms with E-state index >= 15 is 0 Å². The summed E-state index contributed by atoms with van der Waals surface area (Å²) in [7, 11) is 1.66. The molecule has 0 bridgehead atoms. The topological polar surface area (TPSA) is 50.4 Å². The van der Waals surface area contributed by atoms with Crippen molar-refractivity contribution in [1.82, 2.24) is 10.6 Å². The molecular weight excluding hydrogens is 228 g/mol. The molecule has 3 atom stereocenters. The second-order valence-corrected chi connectivity index (χ2v) is 6.41. The number of rotatable bonds is 4. The zero-order valence-corrected chi connectivity index (χ0v) is 11.8. The Bertz CT molecular complexity index is 290. The van der Waals surface area contributed by atoms with Crippen LogP contribution >= 0.6 is 0 Å². The molecule has 1 aliphatic carbocycles. The molecule has 104 valence electrons. The molecule has 0 radical (unpaired) electrons. The highest BCUT2D eigenvalue weighted by Crippen LogP contribution is 2.33. The molecule has 0 aromatic carbocycles. The number of fused-ring (bicyclic) bond motifs is 1. The minimum Gasteiger partial charge on any atom is -0.382 e. The lowest BCUT2D eigenvalue weighted by molar-refractivity contribution is -0.125. The van der Waals surface area contributed by atoms with Gasteiger partial charge in [-0.2, -0.15) is 0 Å². The van der Waals surface area contributed by atoms with E-state index in [2.05, 4.69) is 10.6 Å². The fourth-order valence-electron chi connectivity index (χ4n) is 3.34. The van der Waals surface area contributed by atoms with E-state index < -0.39 is 0 Å². The molecule has 4 heteroatoms. The zero-order chi connectivity index (χ0) is 13.2. The van der Waals surface area contributed by atoms with E-state index in [0.717, 1.165) is 6.42 Å². The first-order valence-corrected chi connectivity index (χ1v) is 7.09. The Balaban J connectivity index is 1.87. The molecular formula is C14H26N2O2. The Morgan fingerprint density at radius 2 is 2.11 bits per heavy atom. The molecule has 2 fully saturated rings. The van der Waals surface area contributed by atoms with Gasteiger partial charge in [0, 0.05) is 13.2 Å². The minimum absolute atomic E-state index is 0.00534. The number of amides is 1. The second kappa shape index (κ2) is 5.57. The Labute approximate surface area is 110 Å². The molecule has 0 spiro atoms. The Hall–Kier alpha value is -0.610. The smallest absolute Gasteiger partial charge is 0.237 e. The van der Waals surface area contributed by atoms with Crippen LogP contribution in [0.2, 0.25) is 0 Å². The Morgan fingerprint density at radius 1 is 1.39 bits per heavy atom. The van der Waals surface area contributed by atoms with Crippen LogP contribution in [-0.4, -0.2) is 37.2 Å². The first-order chi connectivity index (χ1) is 8.52. The third kappa shape index (κ3) is 3.23. The second-order valence-electron chi connectivity index (χ2n) is 6.41. The van der Waals surface area contributed by atoms with Crippen LogP contribution in [0.15, 0.2) is 0 Å². The third-order valence-electron chi connectivity index (χ3n) is 4.15. The highest BCUT2D eigenvalue weighted by molar-refractivity contribution is 5.82. The first-order valence-electron chi connectivity index (χ1n) is 7.09. The maximum atomic E-state index is 12.2. The Kier molecular flexibility index (Phi) is 4.28. The van der Waals surface area contributed by atoms with Gasteiger partial charge in [0.25, 0.3) is 0 Å². The van der Waals surface area contributed by atoms with Crippen molar-refractivity contribution in [1.29, 1.82) is 0 Å². The average Bonchev–Trinajstić information content (AvgIpc) is 2.71. The summed E-state index contributed by atoms with van der Waals surface area (Å²) in [5, 5.41) is 6.59. The van der Waals surface area contributed by atoms with Crippen LogP contribution < -0.4 is 10.6 Å². The van der Waals surface area contributed by atoms with Crippen LogP contribution in [0, 0.1) is 5.92 Å². The van der Waals surface area contributed by atoms with Crippen molar-refractivity contribution in [3.63, 3.8) is 0 Å². The summed E-state index contributed by atoms with van der Waals surface area (Å²) < 4.78 is 5.13. The van der Waals surface area contributed by atoms with E-state index in [9.17, 15) is 4.79 Å². The number of hydrogen-bond acceptors (Lipinski definition) is 3. The monoisotopic (exact) mass is 254 g/mol. The number of ether oxygens (including phenoxy) is 1. The molecule has 3 unspecified atom stereocenters. The van der Waals surface area contributed by atoms with Gasteiger partial charge >= 0.3 is 0 Å². The van der Waals surface area contributed by atoms with E-state index in [1.54, 1.807) is 7.11 Å². The number of nitrogens with one attached hydrogen (secondary N) is 2. The molecule has 2 aliphatic rings. The maximum absolute atomic E-state index is 12.2. The summed E-state index contributed by atoms with van der Waals surface area (Å²) in [4.78, 5) is 12.2. The average molecular weight is 254 g/mol. The zero-order valence-electron chi connectivity index (χ0n) is 11.8. The van der Waals surface area contributed by atoms with Gasteiger partial charge in [-0.15, -0.1) is 0 Å². The van der Waals surface area contributed by atoms with Crippen molar-refractivity contribution in [2.45, 2.75) is 63.6 Å². The minimum atomic E-state index is -0.290. The van der Waals surface area contributed by atoms with Gasteiger partial charge < -0.3 is 15.4 Å². The van der Waals surface area contributed by atoms with Crippen molar-refractivity contribution in [3.8, 4) is 0 Å². The van der Waals surface area contributed by atoms with Crippen molar-refractivity contribution < 1.29 is 9.53 Å². The van der Waals surface area contributed by atoms with Gasteiger partial charge in [0.15, 0.2) is 0 Å². The number of carbonyl (C=O) groups is 1. The van der Waals surface area contributed by atoms with Crippen molar-refractivity contribution in [3.05, 3.63) is 0 Å². The molecule has 0 aromatic rings. The van der Waals surface area contributed by atoms with Gasteiger partial charge in [0.1, 0.15) is 0 Å². The third-order valence-corrected chi connectivity index (χ3v) is 4.15. The van der Waals surface area contributed by atoms with Crippen LogP contribution in [0.5, 0.6) is 0 Å². The molecule has 1 saturated carbocycles. The summed E-state index contributed by atoms with van der Waals surface area (Å²) in [5.41, 5.74) is -0.290. The Morgan fingerprint density at radius 3 is 2.78 bits per heavy atom. The fourth-order valence-corrected chi connectivity index (χ4v) is 3.34. The largest absolute Gasteiger partial charge is 0.382 e. The molecule has 2 rings (SSSR count). The first kappa shape index (κ1) is 13.8. The summed E-state index contributed by atoms with van der Waals surface area (Å²) in [5.74, 6) is 0.839. The molecule has 1 saturated heterocycles. The van der Waals surface area contributed by atoms with E-state index in [1.165, 1.54) is 25.7 Å². The van der Waals surface area contributed by atoms with Crippen LogP contribution in [0.1, 0.15) is 46.0 Å². The lowest BCUT2D eigenvalue weighted by atomic mass is 9.85. The van der Waals surface area contributed by atoms with E-state index in [4.69, 9.17) is 4.74 Å². The van der Waals surface area contributed by atoms with Gasteiger partial charge in [0.2, 0.25) is 5.91 Å². The van der Waals surface area contributed by atoms with Crippen LogP contribution in [0.3, 0.4) is 0 Å². The van der Waals surface area contributed by atoms with Crippen LogP contribution in [0.4, 0.5) is 0 Å². The van der Waals surface area contributed by atoms with Gasteiger partial charge in [-0.3, -0.25) is 4.79 Å². The van der Waals surface area contributed by atoms with E-state index in [0.29, 0.717) is 18.6 Å². The van der Waals surface area contributed by atoms with Gasteiger partial charge in [-0.25, -0.2) is 0 Å². The lowest BCUT2D eigenvalue weighted by Crippen LogP contribution is -2.53. The van der Waals surface area contributed by atoms with E-state index in [-0.39, 0.29) is 17.5 Å². The molecule has 1 aliphatic heterocycles. The number of methoxy groups -OCH3 is 1. The predicted molar refractivity (Wildman–Crippen MR) is 71.4 cm³/mol. The normalized spacial score (nSPS) is 32.1. The van der Waals surface area contributed by atoms with Crippen LogP contribution in [0.25, 0.3) is 0 Å². The van der Waals surface area contributed by atoms with Gasteiger partial charge in [-0.05, 0) is 39.0 Å². The molecule has 18 heavy (non-hydrogen) atoms. The highest BCUT2D eigenvalue weighted by Gasteiger charge is 2.39. The van der Waals surface area contributed by atoms with Crippen LogP contribution in [-0.2, 0) is 9.53 Å². The number of carbonyl (C=O) groups excluding carboxylic acids is 1. The summed E-state index contributed by atoms with van der Waals surface area (Å²) in [6, 6.07) is 0.564. The summed E-state index contributed by atoms with van der Waals surface area (Å²) >= 11 is 0. The molecule has 1 amide bonds. The highest BCUT2D eigenvalue weighted by atomic mass is 16.5. The SMILES string of the molecule is COCC(C)(C)NC(=O)C1CC2CCCCC2N1. The quantitative estimate of drug-likeness (QED) is 0.798. The maximum Gasteiger partial charge on any atom is 0.237 e. The van der Waals surface area contributed by atoms with E-state index in [1.807, 2.05) is 13.8 Å². The predicted octanol–water partition coefficient (Wildman–Crippen LogP) is 1.45. The fraction of sp³-hybridized carbons (Fsp3) is 0.929. The molecule has 0 aromatic heterocycles. The summed E-state index contributed by atoms with van der Waals surface area (Å²) in [6.07, 6.45) is 6.14. The number of hydrogen-bond donors (Lipinski definition) is 2. The van der Waals surface area contributed by atoms with Gasteiger partial charge in [-0.1, -0.05) is 12.8 Å². The van der Waals surface area contributed by atoms with Crippen molar-refractivity contribution in [2.24, 2.45) is 5.92 Å². The molecule has 1 heterocycles. The molecule has 4 nitrogen and oxygen atoms in total. The molecule has 2 N–H and O–H groups in total. The van der Waals surface area contributed by atoms with Crippen molar-refractivity contribution >= 4 is 5.91 Å². The van der Waals surface area contributed by atoms with Gasteiger partial charge in [0.05, 0.1) is 18.2 Å². The lowest BCUT2D eigenvalue weighted by Gasteiger charge is -2.27. The summed E-state index contributed by atoms with van der Waals surface area (Å²) in [6.45, 7) is 4.53. The van der Waals surface area contributed by atoms with Crippen molar-refractivity contribution in [2.75, 3.05) is 13.7 Å². The standard InChI is InChI=1S/C14H26N2O2/c1-14(2,9-18-3)16-13(17)12-8-10-6-4-5-7-11(10)15-12/h10-12,15H,4-9H2,1-3H3,(H,16,17).